The minimum absolute atomic E-state index is 0.271. The molecule has 20 heavy (non-hydrogen) atoms. The standard InChI is InChI=1S/C15H24N2O2S/c1-20(18,19)13-7-8-15(14(16)11-13)17-10-9-12-5-3-2-4-6-12/h7-8,11-12,17H,2-6,9-10,16H2,1H3. The van der Waals surface area contributed by atoms with Crippen LogP contribution in [0.4, 0.5) is 11.4 Å². The van der Waals surface area contributed by atoms with Crippen LogP contribution in [-0.2, 0) is 9.84 Å². The van der Waals surface area contributed by atoms with E-state index in [-0.39, 0.29) is 4.90 Å². The molecule has 3 N–H and O–H groups in total. The molecule has 0 aromatic heterocycles. The van der Waals surface area contributed by atoms with Crippen LogP contribution in [0.2, 0.25) is 0 Å². The van der Waals surface area contributed by atoms with Gasteiger partial charge in [-0.05, 0) is 30.5 Å². The highest BCUT2D eigenvalue weighted by Crippen LogP contribution is 2.27. The Morgan fingerprint density at radius 1 is 1.25 bits per heavy atom. The fraction of sp³-hybridized carbons (Fsp3) is 0.600. The van der Waals surface area contributed by atoms with E-state index < -0.39 is 9.84 Å². The van der Waals surface area contributed by atoms with Gasteiger partial charge >= 0.3 is 0 Å². The van der Waals surface area contributed by atoms with Crippen molar-refractivity contribution in [3.05, 3.63) is 18.2 Å². The quantitative estimate of drug-likeness (QED) is 0.819. The molecular weight excluding hydrogens is 272 g/mol. The summed E-state index contributed by atoms with van der Waals surface area (Å²) in [6.45, 7) is 0.896. The second kappa shape index (κ2) is 6.48. The Labute approximate surface area is 121 Å². The fourth-order valence-corrected chi connectivity index (χ4v) is 3.48. The Balaban J connectivity index is 1.90. The summed E-state index contributed by atoms with van der Waals surface area (Å²) in [4.78, 5) is 0.271. The van der Waals surface area contributed by atoms with Crippen LogP contribution in [0.3, 0.4) is 0 Å². The zero-order valence-electron chi connectivity index (χ0n) is 12.1. The number of hydrogen-bond acceptors (Lipinski definition) is 4. The summed E-state index contributed by atoms with van der Waals surface area (Å²) in [6, 6.07) is 4.89. The molecule has 0 spiro atoms. The van der Waals surface area contributed by atoms with E-state index in [2.05, 4.69) is 5.32 Å². The van der Waals surface area contributed by atoms with E-state index in [0.29, 0.717) is 5.69 Å². The number of rotatable bonds is 5. The Morgan fingerprint density at radius 2 is 1.95 bits per heavy atom. The number of nitrogens with one attached hydrogen (secondary N) is 1. The van der Waals surface area contributed by atoms with E-state index in [9.17, 15) is 8.42 Å². The highest BCUT2D eigenvalue weighted by Gasteiger charge is 2.13. The van der Waals surface area contributed by atoms with Gasteiger partial charge in [0.05, 0.1) is 16.3 Å². The van der Waals surface area contributed by atoms with Crippen LogP contribution in [0, 0.1) is 5.92 Å². The molecule has 1 aliphatic rings. The maximum atomic E-state index is 11.4. The minimum atomic E-state index is -3.19. The van der Waals surface area contributed by atoms with Gasteiger partial charge in [-0.25, -0.2) is 8.42 Å². The van der Waals surface area contributed by atoms with Crippen LogP contribution in [0.5, 0.6) is 0 Å². The first-order chi connectivity index (χ1) is 9.47. The maximum Gasteiger partial charge on any atom is 0.175 e. The molecule has 0 heterocycles. The summed E-state index contributed by atoms with van der Waals surface area (Å²) in [5, 5.41) is 3.32. The average molecular weight is 296 g/mol. The molecule has 4 nitrogen and oxygen atoms in total. The van der Waals surface area contributed by atoms with Gasteiger partial charge in [-0.1, -0.05) is 32.1 Å². The number of anilines is 2. The smallest absolute Gasteiger partial charge is 0.175 e. The van der Waals surface area contributed by atoms with Crippen LogP contribution in [-0.4, -0.2) is 21.2 Å². The van der Waals surface area contributed by atoms with Crippen LogP contribution in [0.15, 0.2) is 23.1 Å². The van der Waals surface area contributed by atoms with E-state index in [1.165, 1.54) is 44.4 Å². The van der Waals surface area contributed by atoms with Crippen LogP contribution in [0.25, 0.3) is 0 Å². The Kier molecular flexibility index (Phi) is 4.91. The van der Waals surface area contributed by atoms with Crippen molar-refractivity contribution in [2.45, 2.75) is 43.4 Å². The second-order valence-electron chi connectivity index (χ2n) is 5.74. The molecular formula is C15H24N2O2S. The molecule has 0 amide bonds. The van der Waals surface area contributed by atoms with Gasteiger partial charge in [0.15, 0.2) is 9.84 Å². The topological polar surface area (TPSA) is 72.2 Å². The van der Waals surface area contributed by atoms with Gasteiger partial charge in [0.25, 0.3) is 0 Å². The van der Waals surface area contributed by atoms with E-state index in [1.54, 1.807) is 12.1 Å². The summed E-state index contributed by atoms with van der Waals surface area (Å²) in [5.41, 5.74) is 7.23. The Hall–Kier alpha value is -1.23. The second-order valence-corrected chi connectivity index (χ2v) is 7.76. The average Bonchev–Trinajstić information content (AvgIpc) is 2.40. The summed E-state index contributed by atoms with van der Waals surface area (Å²) in [6.07, 6.45) is 9.12. The first-order valence-corrected chi connectivity index (χ1v) is 9.19. The number of hydrogen-bond donors (Lipinski definition) is 2. The van der Waals surface area contributed by atoms with Crippen LogP contribution >= 0.6 is 0 Å². The SMILES string of the molecule is CS(=O)(=O)c1ccc(NCCC2CCCCC2)c(N)c1. The van der Waals surface area contributed by atoms with E-state index >= 15 is 0 Å². The summed E-state index contributed by atoms with van der Waals surface area (Å²) in [7, 11) is -3.19. The zero-order valence-corrected chi connectivity index (χ0v) is 12.9. The molecule has 2 rings (SSSR count). The molecule has 0 unspecified atom stereocenters. The van der Waals surface area contributed by atoms with Gasteiger partial charge in [0.1, 0.15) is 0 Å². The maximum absolute atomic E-state index is 11.4. The third-order valence-electron chi connectivity index (χ3n) is 4.04. The van der Waals surface area contributed by atoms with Crippen molar-refractivity contribution in [1.29, 1.82) is 0 Å². The molecule has 0 atom stereocenters. The first kappa shape index (κ1) is 15.2. The van der Waals surface area contributed by atoms with Gasteiger partial charge in [-0.2, -0.15) is 0 Å². The van der Waals surface area contributed by atoms with Crippen molar-refractivity contribution in [1.82, 2.24) is 0 Å². The molecule has 0 bridgehead atoms. The highest BCUT2D eigenvalue weighted by molar-refractivity contribution is 7.90. The third kappa shape index (κ3) is 4.13. The fourth-order valence-electron chi connectivity index (χ4n) is 2.82. The van der Waals surface area contributed by atoms with Gasteiger partial charge in [-0.15, -0.1) is 0 Å². The van der Waals surface area contributed by atoms with E-state index in [1.807, 2.05) is 0 Å². The van der Waals surface area contributed by atoms with Gasteiger partial charge in [0, 0.05) is 12.8 Å². The third-order valence-corrected chi connectivity index (χ3v) is 5.15. The minimum Gasteiger partial charge on any atom is -0.397 e. The van der Waals surface area contributed by atoms with Gasteiger partial charge in [-0.3, -0.25) is 0 Å². The lowest BCUT2D eigenvalue weighted by molar-refractivity contribution is 0.345. The number of nitrogens with two attached hydrogens (primary N) is 1. The summed E-state index contributed by atoms with van der Waals surface area (Å²) < 4.78 is 22.9. The predicted octanol–water partition coefficient (Wildman–Crippen LogP) is 3.05. The van der Waals surface area contributed by atoms with Crippen LogP contribution < -0.4 is 11.1 Å². The lowest BCUT2D eigenvalue weighted by Gasteiger charge is -2.22. The van der Waals surface area contributed by atoms with Crippen molar-refractivity contribution in [2.75, 3.05) is 23.9 Å². The van der Waals surface area contributed by atoms with Gasteiger partial charge < -0.3 is 11.1 Å². The van der Waals surface area contributed by atoms with Crippen molar-refractivity contribution < 1.29 is 8.42 Å². The summed E-state index contributed by atoms with van der Waals surface area (Å²) >= 11 is 0. The molecule has 1 aromatic rings. The molecule has 1 fully saturated rings. The number of nitrogen functional groups attached to an aromatic ring is 1. The monoisotopic (exact) mass is 296 g/mol. The molecule has 0 saturated heterocycles. The Bertz CT molecular complexity index is 549. The van der Waals surface area contributed by atoms with Crippen LogP contribution in [0.1, 0.15) is 38.5 Å². The number of sulfone groups is 1. The molecule has 5 heteroatoms. The normalized spacial score (nSPS) is 17.1. The summed E-state index contributed by atoms with van der Waals surface area (Å²) in [5.74, 6) is 0.827. The van der Waals surface area contributed by atoms with Crippen molar-refractivity contribution in [3.8, 4) is 0 Å². The van der Waals surface area contributed by atoms with Crippen molar-refractivity contribution in [3.63, 3.8) is 0 Å². The highest BCUT2D eigenvalue weighted by atomic mass is 32.2. The lowest BCUT2D eigenvalue weighted by Crippen LogP contribution is -2.13. The molecule has 112 valence electrons. The Morgan fingerprint density at radius 3 is 2.55 bits per heavy atom. The van der Waals surface area contributed by atoms with Crippen molar-refractivity contribution in [2.24, 2.45) is 5.92 Å². The lowest BCUT2D eigenvalue weighted by atomic mass is 9.87. The molecule has 1 aromatic carbocycles. The molecule has 1 saturated carbocycles. The molecule has 0 aliphatic heterocycles. The zero-order chi connectivity index (χ0) is 14.6. The van der Waals surface area contributed by atoms with Gasteiger partial charge in [0.2, 0.25) is 0 Å². The first-order valence-electron chi connectivity index (χ1n) is 7.30. The molecule has 0 radical (unpaired) electrons. The number of benzene rings is 1. The van der Waals surface area contributed by atoms with E-state index in [0.717, 1.165) is 24.6 Å². The van der Waals surface area contributed by atoms with Crippen molar-refractivity contribution >= 4 is 21.2 Å². The molecule has 1 aliphatic carbocycles. The predicted molar refractivity (Wildman–Crippen MR) is 83.6 cm³/mol. The largest absolute Gasteiger partial charge is 0.397 e. The van der Waals surface area contributed by atoms with E-state index in [4.69, 9.17) is 5.73 Å².